The fourth-order valence-electron chi connectivity index (χ4n) is 0.530. The van der Waals surface area contributed by atoms with Crippen LogP contribution in [0.4, 0.5) is 0 Å². The Labute approximate surface area is 437 Å². The van der Waals surface area contributed by atoms with Crippen molar-refractivity contribution in [3.8, 4) is 59.6 Å². The number of hydrogen-bond donors (Lipinski definition) is 0. The average molecular weight is 658 g/mol. The second-order valence-electron chi connectivity index (χ2n) is 3.60. The van der Waals surface area contributed by atoms with E-state index in [0.29, 0.717) is 0 Å². The normalized spacial score (nSPS) is 10.9. The molecule has 0 fully saturated rings. The van der Waals surface area contributed by atoms with Gasteiger partial charge in [0.2, 0.25) is 0 Å². The fourth-order valence-corrected chi connectivity index (χ4v) is 2.19. The van der Waals surface area contributed by atoms with Crippen molar-refractivity contribution in [1.82, 2.24) is 0 Å². The topological polar surface area (TPSA) is 285 Å². The van der Waals surface area contributed by atoms with Gasteiger partial charge in [-0.3, -0.25) is 0 Å². The van der Waals surface area contributed by atoms with Gasteiger partial charge in [-0.1, -0.05) is 0 Å². The second kappa shape index (κ2) is 19.7. The van der Waals surface area contributed by atoms with E-state index < -0.39 is 21.5 Å². The van der Waals surface area contributed by atoms with Crippen LogP contribution >= 0.6 is 0 Å². The van der Waals surface area contributed by atoms with E-state index >= 15 is 0 Å². The zero-order chi connectivity index (χ0) is 21.3. The predicted molar refractivity (Wildman–Crippen MR) is 67.4 cm³/mol. The summed E-state index contributed by atoms with van der Waals surface area (Å²) >= 11 is 0. The van der Waals surface area contributed by atoms with E-state index in [2.05, 4.69) is 0 Å². The van der Waals surface area contributed by atoms with E-state index in [-0.39, 0.29) is 308 Å². The standard InChI is InChI=1S/12CN.2Fe.6K/c12*1-2;;;;;;;;/q;;;;;;;;;;;;2*-3;6*+1. The first-order valence-electron chi connectivity index (χ1n) is 4.80. The largest absolute Gasteiger partial charge is 1.00 e. The third-order valence-electron chi connectivity index (χ3n) is 2.37. The Kier molecular flexibility index (Phi) is 35.1. The molecule has 0 heterocycles. The Morgan fingerprint density at radius 3 is 0.281 bits per heavy atom. The third kappa shape index (κ3) is 9.43. The van der Waals surface area contributed by atoms with Crippen LogP contribution in [0.5, 0.6) is 0 Å². The van der Waals surface area contributed by atoms with Crippen LogP contribution in [0, 0.1) is 123 Å². The van der Waals surface area contributed by atoms with Gasteiger partial charge in [0, 0.05) is 0 Å². The van der Waals surface area contributed by atoms with Crippen LogP contribution in [-0.2, 0) is 21.5 Å². The summed E-state index contributed by atoms with van der Waals surface area (Å²) in [5.41, 5.74) is 0. The molecule has 130 valence electrons. The molecule has 0 rings (SSSR count). The van der Waals surface area contributed by atoms with Crippen molar-refractivity contribution in [2.24, 2.45) is 0 Å². The van der Waals surface area contributed by atoms with Gasteiger partial charge in [0.05, 0.1) is 0 Å². The van der Waals surface area contributed by atoms with Gasteiger partial charge in [-0.25, -0.2) is 0 Å². The maximum Gasteiger partial charge on any atom is 1.00 e. The molecule has 0 aromatic heterocycles. The first-order valence-corrected chi connectivity index (χ1v) is 11.4. The van der Waals surface area contributed by atoms with E-state index in [0.717, 1.165) is 59.6 Å². The van der Waals surface area contributed by atoms with Crippen molar-refractivity contribution in [1.29, 1.82) is 63.1 Å². The minimum Gasteiger partial charge on any atom is 1.00 e. The molecular formula is C12Fe2K6N12. The van der Waals surface area contributed by atoms with Crippen LogP contribution in [0.1, 0.15) is 0 Å². The molecule has 0 radical (unpaired) electrons. The van der Waals surface area contributed by atoms with E-state index in [1.54, 1.807) is 0 Å². The molecule has 0 saturated carbocycles. The summed E-state index contributed by atoms with van der Waals surface area (Å²) in [6.07, 6.45) is 0. The molecule has 12 nitrogen and oxygen atoms in total. The zero-order valence-corrected chi connectivity index (χ0v) is 39.0. The maximum atomic E-state index is 8.58. The molecule has 0 aliphatic heterocycles. The van der Waals surface area contributed by atoms with E-state index in [1.807, 2.05) is 0 Å². The minimum atomic E-state index is -6.17. The molecular weight excluding hydrogens is 658 g/mol. The summed E-state index contributed by atoms with van der Waals surface area (Å²) in [7, 11) is -12.3. The molecule has 0 amide bonds. The van der Waals surface area contributed by atoms with Gasteiger partial charge in [-0.15, -0.1) is 0 Å². The molecule has 0 bridgehead atoms. The van der Waals surface area contributed by atoms with Crippen LogP contribution in [0.15, 0.2) is 0 Å². The molecule has 20 heteroatoms. The molecule has 0 spiro atoms. The van der Waals surface area contributed by atoms with Crippen molar-refractivity contribution in [2.75, 3.05) is 0 Å². The van der Waals surface area contributed by atoms with Crippen molar-refractivity contribution in [3.63, 3.8) is 0 Å². The summed E-state index contributed by atoms with van der Waals surface area (Å²) in [6, 6.07) is 0. The van der Waals surface area contributed by atoms with Crippen LogP contribution < -0.4 is 308 Å². The molecule has 0 unspecified atom stereocenters. The van der Waals surface area contributed by atoms with Crippen molar-refractivity contribution >= 4 is 0 Å². The number of hydrogen-bond acceptors (Lipinski definition) is 12. The quantitative estimate of drug-likeness (QED) is 0.219. The first kappa shape index (κ1) is 56.8. The molecule has 0 saturated heterocycles. The second-order valence-corrected chi connectivity index (χ2v) is 14.8. The predicted octanol–water partition coefficient (Wildman–Crippen LogP) is -17.8. The summed E-state index contributed by atoms with van der Waals surface area (Å²) in [5, 5.41) is 103. The Hall–Kier alpha value is 4.74. The van der Waals surface area contributed by atoms with E-state index in [9.17, 15) is 0 Å². The summed E-state index contributed by atoms with van der Waals surface area (Å²) in [5.74, 6) is 0. The van der Waals surface area contributed by atoms with Crippen molar-refractivity contribution < 1.29 is 330 Å². The van der Waals surface area contributed by atoms with Gasteiger partial charge in [-0.2, -0.15) is 0 Å². The van der Waals surface area contributed by atoms with Gasteiger partial charge in [0.1, 0.15) is 0 Å². The van der Waals surface area contributed by atoms with Crippen LogP contribution in [-0.4, -0.2) is 0 Å². The van der Waals surface area contributed by atoms with E-state index in [1.165, 1.54) is 0 Å². The summed E-state index contributed by atoms with van der Waals surface area (Å²) in [4.78, 5) is 12.4. The van der Waals surface area contributed by atoms with Crippen LogP contribution in [0.3, 0.4) is 0 Å². The maximum absolute atomic E-state index is 8.58. The van der Waals surface area contributed by atoms with Gasteiger partial charge in [-0.05, 0) is 0 Å². The number of nitriles is 12. The monoisotopic (exact) mass is 658 g/mol. The first-order chi connectivity index (χ1) is 11.9. The molecule has 0 aromatic carbocycles. The van der Waals surface area contributed by atoms with Gasteiger partial charge >= 0.3 is 453 Å². The van der Waals surface area contributed by atoms with Crippen molar-refractivity contribution in [2.45, 2.75) is 0 Å². The molecule has 0 N–H and O–H groups in total. The fraction of sp³-hybridized carbons (Fsp3) is 0. The molecule has 0 aliphatic carbocycles. The zero-order valence-electron chi connectivity index (χ0n) is 18.1. The summed E-state index contributed by atoms with van der Waals surface area (Å²) in [6.45, 7) is 0. The van der Waals surface area contributed by atoms with Crippen molar-refractivity contribution in [3.05, 3.63) is 0 Å². The number of nitrogens with zero attached hydrogens (tertiary/aromatic N) is 12. The van der Waals surface area contributed by atoms with Gasteiger partial charge in [0.25, 0.3) is 0 Å². The molecule has 32 heavy (non-hydrogen) atoms. The Morgan fingerprint density at radius 2 is 0.281 bits per heavy atom. The van der Waals surface area contributed by atoms with Gasteiger partial charge < -0.3 is 0 Å². The Bertz CT molecular complexity index is 898. The van der Waals surface area contributed by atoms with Crippen LogP contribution in [0.25, 0.3) is 0 Å². The van der Waals surface area contributed by atoms with Gasteiger partial charge in [0.15, 0.2) is 0 Å². The molecule has 0 aliphatic rings. The summed E-state index contributed by atoms with van der Waals surface area (Å²) < 4.78 is 0. The minimum absolute atomic E-state index is 0. The SMILES string of the molecule is N#[C][Fe-3]([C]#N)([C]#N)([C]#N)([C]#N)[C]#N.N#[C][Fe-3]([C]#N)([C]#N)([C]#N)([C]#N)[C]#N.[K+].[K+].[K+].[K+].[K+].[K+]. The average Bonchev–Trinajstić information content (AvgIpc) is 2.77. The Morgan fingerprint density at radius 1 is 0.219 bits per heavy atom. The molecule has 0 aromatic rings. The Balaban J connectivity index is -0.0000000505. The van der Waals surface area contributed by atoms with Crippen LogP contribution in [0.2, 0.25) is 0 Å². The smallest absolute Gasteiger partial charge is 1.00 e. The third-order valence-corrected chi connectivity index (χ3v) is 9.78. The molecule has 0 atom stereocenters. The van der Waals surface area contributed by atoms with E-state index in [4.69, 9.17) is 63.1 Å². The number of rotatable bonds is 0.